The number of benzene rings is 1. The molecule has 0 aliphatic carbocycles. The summed E-state index contributed by atoms with van der Waals surface area (Å²) in [5.41, 5.74) is 0.197. The van der Waals surface area contributed by atoms with Gasteiger partial charge in [0.1, 0.15) is 10.1 Å². The Morgan fingerprint density at radius 3 is 2.08 bits per heavy atom. The van der Waals surface area contributed by atoms with Crippen LogP contribution in [0.3, 0.4) is 0 Å². The summed E-state index contributed by atoms with van der Waals surface area (Å²) in [5, 5.41) is 8.23. The maximum absolute atomic E-state index is 10.4. The second kappa shape index (κ2) is 2.89. The molecule has 0 amide bonds. The highest BCUT2D eigenvalue weighted by Crippen LogP contribution is 2.15. The van der Waals surface area contributed by atoms with Crippen LogP contribution in [0.25, 0.3) is 4.98 Å². The van der Waals surface area contributed by atoms with Crippen molar-refractivity contribution in [1.82, 2.24) is 0 Å². The molecule has 0 atom stereocenters. The van der Waals surface area contributed by atoms with E-state index >= 15 is 0 Å². The SMILES string of the molecule is N#[N+]c1ccc(S(=O)(=O)[O-])cc1. The minimum absolute atomic E-state index is 0.197. The van der Waals surface area contributed by atoms with Gasteiger partial charge in [-0.2, -0.15) is 0 Å². The fraction of sp³-hybridized carbons (Fsp3) is 0. The highest BCUT2D eigenvalue weighted by molar-refractivity contribution is 7.85. The Kier molecular flexibility index (Phi) is 2.08. The molecule has 0 radical (unpaired) electrons. The molecular formula is C6H4N2O3S. The zero-order valence-corrected chi connectivity index (χ0v) is 6.65. The molecule has 0 aliphatic rings. The maximum Gasteiger partial charge on any atom is 0.385 e. The van der Waals surface area contributed by atoms with Crippen molar-refractivity contribution < 1.29 is 13.0 Å². The quantitative estimate of drug-likeness (QED) is 0.482. The van der Waals surface area contributed by atoms with Gasteiger partial charge >= 0.3 is 5.69 Å². The molecule has 0 heterocycles. The Hall–Kier alpha value is -1.45. The summed E-state index contributed by atoms with van der Waals surface area (Å²) in [7, 11) is -4.40. The van der Waals surface area contributed by atoms with E-state index in [0.29, 0.717) is 0 Å². The minimum atomic E-state index is -4.40. The van der Waals surface area contributed by atoms with Crippen molar-refractivity contribution in [2.45, 2.75) is 4.90 Å². The molecule has 0 spiro atoms. The van der Waals surface area contributed by atoms with Gasteiger partial charge in [0, 0.05) is 12.1 Å². The van der Waals surface area contributed by atoms with Gasteiger partial charge in [-0.05, 0) is 12.1 Å². The van der Waals surface area contributed by atoms with Gasteiger partial charge in [-0.3, -0.25) is 0 Å². The Morgan fingerprint density at radius 2 is 1.75 bits per heavy atom. The highest BCUT2D eigenvalue weighted by Gasteiger charge is 2.05. The van der Waals surface area contributed by atoms with Gasteiger partial charge < -0.3 is 4.55 Å². The lowest BCUT2D eigenvalue weighted by molar-refractivity contribution is 0.463. The van der Waals surface area contributed by atoms with Crippen LogP contribution in [0.2, 0.25) is 0 Å². The smallest absolute Gasteiger partial charge is 0.385 e. The highest BCUT2D eigenvalue weighted by atomic mass is 32.2. The molecule has 1 aromatic carbocycles. The predicted octanol–water partition coefficient (Wildman–Crippen LogP) is 1.08. The second-order valence-electron chi connectivity index (χ2n) is 2.05. The van der Waals surface area contributed by atoms with Gasteiger partial charge in [0.15, 0.2) is 4.98 Å². The number of rotatable bonds is 1. The Labute approximate surface area is 69.0 Å². The average Bonchev–Trinajstić information content (AvgIpc) is 2.03. The van der Waals surface area contributed by atoms with E-state index < -0.39 is 10.1 Å². The number of hydrogen-bond acceptors (Lipinski definition) is 4. The standard InChI is InChI=1S/C6H4N2O3S/c7-8-5-1-3-6(4-2-5)12(9,10)11/h1-4H. The normalized spacial score (nSPS) is 10.7. The third-order valence-electron chi connectivity index (χ3n) is 1.24. The molecule has 1 rings (SSSR count). The minimum Gasteiger partial charge on any atom is -0.744 e. The van der Waals surface area contributed by atoms with Crippen LogP contribution in [0.4, 0.5) is 5.69 Å². The van der Waals surface area contributed by atoms with Crippen molar-refractivity contribution in [3.63, 3.8) is 0 Å². The van der Waals surface area contributed by atoms with Gasteiger partial charge in [0.25, 0.3) is 0 Å². The van der Waals surface area contributed by atoms with Crippen LogP contribution in [0.1, 0.15) is 0 Å². The Morgan fingerprint density at radius 1 is 1.25 bits per heavy atom. The van der Waals surface area contributed by atoms with Crippen molar-refractivity contribution in [2.24, 2.45) is 0 Å². The van der Waals surface area contributed by atoms with Gasteiger partial charge in [-0.25, -0.2) is 8.42 Å². The van der Waals surface area contributed by atoms with Crippen LogP contribution >= 0.6 is 0 Å². The van der Waals surface area contributed by atoms with Crippen LogP contribution in [-0.2, 0) is 10.1 Å². The Balaban J connectivity index is 3.20. The van der Waals surface area contributed by atoms with Crippen LogP contribution in [0, 0.1) is 5.39 Å². The number of hydrogen-bond donors (Lipinski definition) is 0. The van der Waals surface area contributed by atoms with Crippen molar-refractivity contribution in [3.05, 3.63) is 29.2 Å². The molecule has 0 N–H and O–H groups in total. The van der Waals surface area contributed by atoms with Crippen LogP contribution in [0.5, 0.6) is 0 Å². The molecule has 0 bridgehead atoms. The molecule has 62 valence electrons. The zero-order chi connectivity index (χ0) is 9.19. The number of diazo groups is 1. The van der Waals surface area contributed by atoms with Gasteiger partial charge in [0.2, 0.25) is 5.39 Å². The summed E-state index contributed by atoms with van der Waals surface area (Å²) >= 11 is 0. The van der Waals surface area contributed by atoms with E-state index in [2.05, 4.69) is 4.98 Å². The summed E-state index contributed by atoms with van der Waals surface area (Å²) in [6.07, 6.45) is 0. The van der Waals surface area contributed by atoms with Crippen LogP contribution < -0.4 is 0 Å². The fourth-order valence-corrected chi connectivity index (χ4v) is 1.15. The summed E-state index contributed by atoms with van der Waals surface area (Å²) < 4.78 is 31.2. The lowest BCUT2D eigenvalue weighted by atomic mass is 10.3. The second-order valence-corrected chi connectivity index (χ2v) is 3.43. The molecule has 0 unspecified atom stereocenters. The predicted molar refractivity (Wildman–Crippen MR) is 39.1 cm³/mol. The van der Waals surface area contributed by atoms with E-state index in [9.17, 15) is 13.0 Å². The molecule has 0 aromatic heterocycles. The largest absolute Gasteiger partial charge is 0.744 e. The molecule has 0 aliphatic heterocycles. The molecule has 1 aromatic rings. The maximum atomic E-state index is 10.4. The van der Waals surface area contributed by atoms with E-state index in [1.54, 1.807) is 0 Å². The summed E-state index contributed by atoms with van der Waals surface area (Å²) in [4.78, 5) is 2.46. The van der Waals surface area contributed by atoms with E-state index in [0.717, 1.165) is 12.1 Å². The average molecular weight is 184 g/mol. The molecule has 0 saturated heterocycles. The van der Waals surface area contributed by atoms with Crippen LogP contribution in [0.15, 0.2) is 29.2 Å². The zero-order valence-electron chi connectivity index (χ0n) is 5.84. The first kappa shape index (κ1) is 8.64. The van der Waals surface area contributed by atoms with Gasteiger partial charge in [-0.15, -0.1) is 0 Å². The van der Waals surface area contributed by atoms with E-state index in [1.807, 2.05) is 0 Å². The van der Waals surface area contributed by atoms with Gasteiger partial charge in [0.05, 0.1) is 4.90 Å². The summed E-state index contributed by atoms with van der Waals surface area (Å²) in [6, 6.07) is 4.62. The monoisotopic (exact) mass is 184 g/mol. The molecule has 0 fully saturated rings. The fourth-order valence-electron chi connectivity index (χ4n) is 0.679. The van der Waals surface area contributed by atoms with E-state index in [1.165, 1.54) is 12.1 Å². The van der Waals surface area contributed by atoms with Crippen molar-refractivity contribution in [1.29, 1.82) is 5.39 Å². The number of nitrogens with zero attached hydrogens (tertiary/aromatic N) is 2. The molecule has 5 nitrogen and oxygen atoms in total. The first-order chi connectivity index (χ1) is 5.54. The Bertz CT molecular complexity index is 415. The first-order valence-corrected chi connectivity index (χ1v) is 4.36. The topological polar surface area (TPSA) is 85.3 Å². The molecular weight excluding hydrogens is 180 g/mol. The first-order valence-electron chi connectivity index (χ1n) is 2.95. The van der Waals surface area contributed by atoms with Gasteiger partial charge in [-0.1, -0.05) is 0 Å². The molecule has 6 heteroatoms. The third kappa shape index (κ3) is 1.78. The van der Waals surface area contributed by atoms with Crippen molar-refractivity contribution in [2.75, 3.05) is 0 Å². The van der Waals surface area contributed by atoms with E-state index in [-0.39, 0.29) is 10.6 Å². The van der Waals surface area contributed by atoms with Crippen LogP contribution in [-0.4, -0.2) is 13.0 Å². The summed E-state index contributed by atoms with van der Waals surface area (Å²) in [6.45, 7) is 0. The lowest BCUT2D eigenvalue weighted by Crippen LogP contribution is -1.96. The summed E-state index contributed by atoms with van der Waals surface area (Å²) in [5.74, 6) is 0. The van der Waals surface area contributed by atoms with Crippen molar-refractivity contribution >= 4 is 15.8 Å². The lowest BCUT2D eigenvalue weighted by Gasteiger charge is -2.03. The molecule has 0 saturated carbocycles. The van der Waals surface area contributed by atoms with Crippen molar-refractivity contribution in [3.8, 4) is 0 Å². The molecule has 12 heavy (non-hydrogen) atoms. The third-order valence-corrected chi connectivity index (χ3v) is 2.09. The van der Waals surface area contributed by atoms with E-state index in [4.69, 9.17) is 5.39 Å².